The second-order valence-electron chi connectivity index (χ2n) is 10.6. The van der Waals surface area contributed by atoms with Crippen LogP contribution in [0.2, 0.25) is 0 Å². The molecule has 1 unspecified atom stereocenters. The molecule has 10 heteroatoms. The number of hydrogen-bond acceptors (Lipinski definition) is 4. The molecule has 6 nitrogen and oxygen atoms in total. The van der Waals surface area contributed by atoms with Crippen molar-refractivity contribution in [2.24, 2.45) is 5.92 Å². The van der Waals surface area contributed by atoms with Crippen LogP contribution in [0, 0.1) is 5.92 Å². The Labute approximate surface area is 235 Å². The van der Waals surface area contributed by atoms with Crippen LogP contribution in [-0.2, 0) is 20.7 Å². The highest BCUT2D eigenvalue weighted by atomic mass is 79.9. The SMILES string of the molecule is C[C@H]1CCN(C(=O)C(NS(=O)(=O)c2ccc3cc(OC4CCCC4)ccc3c2)C(F)(F)c2ccc(Br)cc2)C1. The number of hydrogen-bond donors (Lipinski definition) is 1. The van der Waals surface area contributed by atoms with Crippen LogP contribution in [0.5, 0.6) is 5.75 Å². The Hall–Kier alpha value is -2.56. The Balaban J connectivity index is 1.44. The Bertz CT molecular complexity index is 1460. The number of amides is 1. The van der Waals surface area contributed by atoms with E-state index in [2.05, 4.69) is 20.7 Å². The lowest BCUT2D eigenvalue weighted by Gasteiger charge is -2.30. The predicted molar refractivity (Wildman–Crippen MR) is 149 cm³/mol. The zero-order valence-corrected chi connectivity index (χ0v) is 24.0. The number of benzene rings is 3. The maximum atomic E-state index is 15.9. The minimum Gasteiger partial charge on any atom is -0.490 e. The van der Waals surface area contributed by atoms with E-state index in [1.54, 1.807) is 18.2 Å². The van der Waals surface area contributed by atoms with E-state index in [9.17, 15) is 13.2 Å². The van der Waals surface area contributed by atoms with Crippen molar-refractivity contribution in [1.29, 1.82) is 0 Å². The number of carbonyl (C=O) groups is 1. The molecule has 1 aliphatic carbocycles. The minimum atomic E-state index is -4.49. The number of nitrogens with one attached hydrogen (secondary N) is 1. The first-order valence-corrected chi connectivity index (χ1v) is 15.5. The summed E-state index contributed by atoms with van der Waals surface area (Å²) in [5.41, 5.74) is -0.452. The monoisotopic (exact) mass is 620 g/mol. The number of halogens is 3. The van der Waals surface area contributed by atoms with Gasteiger partial charge in [0, 0.05) is 23.1 Å². The van der Waals surface area contributed by atoms with Crippen LogP contribution in [0.15, 0.2) is 70.0 Å². The number of sulfonamides is 1. The van der Waals surface area contributed by atoms with Gasteiger partial charge < -0.3 is 9.64 Å². The lowest BCUT2D eigenvalue weighted by Crippen LogP contribution is -2.55. The van der Waals surface area contributed by atoms with E-state index in [0.29, 0.717) is 35.1 Å². The van der Waals surface area contributed by atoms with Gasteiger partial charge >= 0.3 is 0 Å². The molecule has 2 atom stereocenters. The molecular formula is C29H31BrF2N2O4S. The van der Waals surface area contributed by atoms with Gasteiger partial charge in [0.2, 0.25) is 15.9 Å². The van der Waals surface area contributed by atoms with Crippen molar-refractivity contribution in [3.05, 3.63) is 70.7 Å². The van der Waals surface area contributed by atoms with Crippen LogP contribution in [0.1, 0.15) is 44.6 Å². The summed E-state index contributed by atoms with van der Waals surface area (Å²) in [4.78, 5) is 14.5. The highest BCUT2D eigenvalue weighted by Gasteiger charge is 2.50. The number of likely N-dealkylation sites (tertiary alicyclic amines) is 1. The van der Waals surface area contributed by atoms with Gasteiger partial charge in [-0.2, -0.15) is 13.5 Å². The highest BCUT2D eigenvalue weighted by Crippen LogP contribution is 2.36. The van der Waals surface area contributed by atoms with Gasteiger partial charge in [-0.15, -0.1) is 0 Å². The fourth-order valence-electron chi connectivity index (χ4n) is 5.30. The van der Waals surface area contributed by atoms with Crippen molar-refractivity contribution in [3.63, 3.8) is 0 Å². The van der Waals surface area contributed by atoms with E-state index in [4.69, 9.17) is 4.74 Å². The van der Waals surface area contributed by atoms with E-state index in [1.165, 1.54) is 41.3 Å². The van der Waals surface area contributed by atoms with Gasteiger partial charge in [-0.05, 0) is 85.2 Å². The Kier molecular flexibility index (Phi) is 7.99. The second-order valence-corrected chi connectivity index (χ2v) is 13.2. The van der Waals surface area contributed by atoms with Crippen LogP contribution >= 0.6 is 15.9 Å². The average Bonchev–Trinajstić information content (AvgIpc) is 3.58. The van der Waals surface area contributed by atoms with Gasteiger partial charge in [0.25, 0.3) is 5.92 Å². The third-order valence-corrected chi connectivity index (χ3v) is 9.49. The van der Waals surface area contributed by atoms with Crippen LogP contribution < -0.4 is 9.46 Å². The maximum Gasteiger partial charge on any atom is 0.298 e. The summed E-state index contributed by atoms with van der Waals surface area (Å²) in [7, 11) is -4.49. The number of rotatable bonds is 8. The van der Waals surface area contributed by atoms with Crippen molar-refractivity contribution < 1.29 is 26.7 Å². The topological polar surface area (TPSA) is 75.7 Å². The molecule has 1 aliphatic heterocycles. The summed E-state index contributed by atoms with van der Waals surface area (Å²) in [5, 5.41) is 1.39. The van der Waals surface area contributed by atoms with Crippen molar-refractivity contribution in [3.8, 4) is 5.75 Å². The van der Waals surface area contributed by atoms with E-state index < -0.39 is 33.5 Å². The minimum absolute atomic E-state index is 0.149. The lowest BCUT2D eigenvalue weighted by molar-refractivity contribution is -0.143. The zero-order valence-electron chi connectivity index (χ0n) is 21.6. The summed E-state index contributed by atoms with van der Waals surface area (Å²) in [6.07, 6.45) is 5.18. The second kappa shape index (κ2) is 11.1. The standard InChI is InChI=1S/C29H31BrF2N2O4S/c1-19-14-15-34(18-19)28(35)27(29(31,32)22-8-10-23(30)11-9-22)33-39(36,37)26-13-7-20-16-25(12-6-21(20)17-26)38-24-4-2-3-5-24/h6-13,16-17,19,24,27,33H,2-5,14-15,18H2,1H3/t19-,27?/m0/s1. The van der Waals surface area contributed by atoms with E-state index >= 15 is 8.78 Å². The predicted octanol–water partition coefficient (Wildman–Crippen LogP) is 6.23. The molecule has 0 radical (unpaired) electrons. The van der Waals surface area contributed by atoms with Crippen LogP contribution in [-0.4, -0.2) is 44.5 Å². The smallest absolute Gasteiger partial charge is 0.298 e. The summed E-state index contributed by atoms with van der Waals surface area (Å²) in [5.74, 6) is -3.87. The number of ether oxygens (including phenoxy) is 1. The highest BCUT2D eigenvalue weighted by molar-refractivity contribution is 9.10. The molecule has 5 rings (SSSR count). The molecule has 1 amide bonds. The third-order valence-electron chi connectivity index (χ3n) is 7.55. The Morgan fingerprint density at radius 2 is 1.69 bits per heavy atom. The molecule has 1 saturated carbocycles. The molecule has 2 aliphatic rings. The Morgan fingerprint density at radius 3 is 2.36 bits per heavy atom. The van der Waals surface area contributed by atoms with Gasteiger partial charge in [0.05, 0.1) is 11.0 Å². The molecule has 3 aromatic rings. The van der Waals surface area contributed by atoms with Crippen molar-refractivity contribution in [1.82, 2.24) is 9.62 Å². The molecule has 0 bridgehead atoms. The first-order valence-electron chi connectivity index (χ1n) is 13.2. The zero-order chi connectivity index (χ0) is 27.8. The van der Waals surface area contributed by atoms with Crippen molar-refractivity contribution in [2.45, 2.75) is 62.0 Å². The van der Waals surface area contributed by atoms with Gasteiger partial charge in [0.1, 0.15) is 5.75 Å². The average molecular weight is 622 g/mol. The quantitative estimate of drug-likeness (QED) is 0.324. The molecule has 0 spiro atoms. The Morgan fingerprint density at radius 1 is 1.03 bits per heavy atom. The molecule has 2 fully saturated rings. The normalized spacial score (nSPS) is 19.5. The number of nitrogens with zero attached hydrogens (tertiary/aromatic N) is 1. The summed E-state index contributed by atoms with van der Waals surface area (Å²) in [6, 6.07) is 12.7. The first-order chi connectivity index (χ1) is 18.5. The van der Waals surface area contributed by atoms with Gasteiger partial charge in [-0.1, -0.05) is 47.1 Å². The van der Waals surface area contributed by atoms with Crippen LogP contribution in [0.4, 0.5) is 8.78 Å². The van der Waals surface area contributed by atoms with Crippen LogP contribution in [0.3, 0.4) is 0 Å². The van der Waals surface area contributed by atoms with Crippen LogP contribution in [0.25, 0.3) is 10.8 Å². The molecular weight excluding hydrogens is 590 g/mol. The molecule has 1 heterocycles. The summed E-state index contributed by atoms with van der Waals surface area (Å²) < 4.78 is 67.3. The fraction of sp³-hybridized carbons (Fsp3) is 0.414. The summed E-state index contributed by atoms with van der Waals surface area (Å²) >= 11 is 3.22. The number of fused-ring (bicyclic) bond motifs is 1. The van der Waals surface area contributed by atoms with Gasteiger partial charge in [-0.25, -0.2) is 8.42 Å². The summed E-state index contributed by atoms with van der Waals surface area (Å²) in [6.45, 7) is 2.53. The van der Waals surface area contributed by atoms with Gasteiger partial charge in [-0.3, -0.25) is 4.79 Å². The maximum absolute atomic E-state index is 15.9. The van der Waals surface area contributed by atoms with Crippen molar-refractivity contribution >= 4 is 42.6 Å². The van der Waals surface area contributed by atoms with Crippen molar-refractivity contribution in [2.75, 3.05) is 13.1 Å². The lowest BCUT2D eigenvalue weighted by atomic mass is 10.0. The molecule has 208 valence electrons. The third kappa shape index (κ3) is 6.12. The molecule has 0 aromatic heterocycles. The first kappa shape index (κ1) is 28.0. The fourth-order valence-corrected chi connectivity index (χ4v) is 6.79. The molecule has 1 N–H and O–H groups in total. The molecule has 3 aromatic carbocycles. The molecule has 39 heavy (non-hydrogen) atoms. The van der Waals surface area contributed by atoms with E-state index in [1.807, 2.05) is 13.0 Å². The number of carbonyl (C=O) groups excluding carboxylic acids is 1. The number of alkyl halides is 2. The van der Waals surface area contributed by atoms with E-state index in [-0.39, 0.29) is 16.9 Å². The van der Waals surface area contributed by atoms with Gasteiger partial charge in [0.15, 0.2) is 6.04 Å². The largest absolute Gasteiger partial charge is 0.490 e. The van der Waals surface area contributed by atoms with E-state index in [0.717, 1.165) is 31.1 Å². The molecule has 1 saturated heterocycles.